The van der Waals surface area contributed by atoms with Crippen LogP contribution in [0.25, 0.3) is 0 Å². The molecule has 0 fully saturated rings. The molecule has 0 aliphatic rings. The van der Waals surface area contributed by atoms with Crippen LogP contribution in [0.2, 0.25) is 0 Å². The highest BCUT2D eigenvalue weighted by molar-refractivity contribution is 9.10. The molecule has 0 bridgehead atoms. The highest BCUT2D eigenvalue weighted by Gasteiger charge is 2.16. The van der Waals surface area contributed by atoms with Gasteiger partial charge in [0.1, 0.15) is 5.82 Å². The lowest BCUT2D eigenvalue weighted by Crippen LogP contribution is -2.28. The van der Waals surface area contributed by atoms with Crippen LogP contribution in [-0.4, -0.2) is 4.98 Å². The molecule has 84 valence electrons. The molecule has 0 amide bonds. The molecule has 1 atom stereocenters. The Morgan fingerprint density at radius 3 is 2.81 bits per heavy atom. The van der Waals surface area contributed by atoms with Crippen LogP contribution in [0.5, 0.6) is 0 Å². The van der Waals surface area contributed by atoms with E-state index in [0.717, 1.165) is 10.0 Å². The number of rotatable bonds is 3. The average Bonchev–Trinajstić information content (AvgIpc) is 2.67. The van der Waals surface area contributed by atoms with Gasteiger partial charge in [0.15, 0.2) is 0 Å². The van der Waals surface area contributed by atoms with Crippen LogP contribution in [0.4, 0.5) is 4.39 Å². The molecule has 0 aliphatic heterocycles. The van der Waals surface area contributed by atoms with E-state index >= 15 is 0 Å². The van der Waals surface area contributed by atoms with Crippen molar-refractivity contribution in [1.29, 1.82) is 0 Å². The van der Waals surface area contributed by atoms with Gasteiger partial charge in [-0.05, 0) is 38.5 Å². The Kier molecular flexibility index (Phi) is 3.65. The number of nitrogens with two attached hydrogens (primary N) is 1. The van der Waals surface area contributed by atoms with Gasteiger partial charge in [0.05, 0.1) is 12.2 Å². The van der Waals surface area contributed by atoms with E-state index in [1.165, 1.54) is 12.3 Å². The van der Waals surface area contributed by atoms with Crippen molar-refractivity contribution in [2.45, 2.75) is 6.04 Å². The maximum atomic E-state index is 13.1. The third-order valence-electron chi connectivity index (χ3n) is 2.18. The molecule has 1 unspecified atom stereocenters. The highest BCUT2D eigenvalue weighted by atomic mass is 79.9. The summed E-state index contributed by atoms with van der Waals surface area (Å²) in [5.41, 5.74) is 4.33. The Hall–Kier alpha value is -0.820. The number of nitrogens with zero attached hydrogens (tertiary/aromatic N) is 1. The zero-order chi connectivity index (χ0) is 11.5. The molecule has 6 heteroatoms. The summed E-state index contributed by atoms with van der Waals surface area (Å²) < 4.78 is 14.0. The molecule has 3 nitrogen and oxygen atoms in total. The topological polar surface area (TPSA) is 50.9 Å². The Morgan fingerprint density at radius 1 is 1.44 bits per heavy atom. The summed E-state index contributed by atoms with van der Waals surface area (Å²) in [4.78, 5) is 3.81. The van der Waals surface area contributed by atoms with Crippen LogP contribution in [0, 0.1) is 5.82 Å². The van der Waals surface area contributed by atoms with Gasteiger partial charge < -0.3 is 0 Å². The molecule has 0 aromatic carbocycles. The lowest BCUT2D eigenvalue weighted by Gasteiger charge is -2.15. The predicted molar refractivity (Wildman–Crippen MR) is 65.4 cm³/mol. The van der Waals surface area contributed by atoms with Gasteiger partial charge in [-0.3, -0.25) is 10.8 Å². The summed E-state index contributed by atoms with van der Waals surface area (Å²) in [6.07, 6.45) is 2.76. The van der Waals surface area contributed by atoms with E-state index < -0.39 is 0 Å². The number of hydrazine groups is 1. The maximum absolute atomic E-state index is 13.1. The number of nitrogens with one attached hydrogen (secondary N) is 1. The monoisotopic (exact) mass is 301 g/mol. The van der Waals surface area contributed by atoms with Crippen molar-refractivity contribution >= 4 is 27.3 Å². The number of hydrogen-bond donors (Lipinski definition) is 2. The van der Waals surface area contributed by atoms with Crippen LogP contribution < -0.4 is 11.3 Å². The van der Waals surface area contributed by atoms with Crippen molar-refractivity contribution in [1.82, 2.24) is 10.4 Å². The molecule has 2 rings (SSSR count). The molecule has 0 saturated heterocycles. The molecule has 2 aromatic heterocycles. The van der Waals surface area contributed by atoms with E-state index in [4.69, 9.17) is 5.84 Å². The van der Waals surface area contributed by atoms with Gasteiger partial charge in [-0.1, -0.05) is 0 Å². The number of thiophene rings is 1. The Morgan fingerprint density at radius 2 is 2.25 bits per heavy atom. The Labute approximate surface area is 105 Å². The molecule has 3 N–H and O–H groups in total. The average molecular weight is 302 g/mol. The Balaban J connectivity index is 2.40. The van der Waals surface area contributed by atoms with Crippen LogP contribution in [0.15, 0.2) is 33.7 Å². The van der Waals surface area contributed by atoms with Crippen molar-refractivity contribution in [2.24, 2.45) is 5.84 Å². The molecule has 16 heavy (non-hydrogen) atoms. The van der Waals surface area contributed by atoms with Crippen LogP contribution >= 0.6 is 27.3 Å². The van der Waals surface area contributed by atoms with Gasteiger partial charge in [-0.15, -0.1) is 0 Å². The minimum atomic E-state index is -0.371. The van der Waals surface area contributed by atoms with E-state index in [0.29, 0.717) is 5.56 Å². The summed E-state index contributed by atoms with van der Waals surface area (Å²) in [6, 6.07) is 1.16. The zero-order valence-corrected chi connectivity index (χ0v) is 10.6. The second-order valence-electron chi connectivity index (χ2n) is 3.21. The molecule has 0 spiro atoms. The fourth-order valence-corrected chi connectivity index (χ4v) is 3.00. The summed E-state index contributed by atoms with van der Waals surface area (Å²) in [5, 5.41) is 3.91. The van der Waals surface area contributed by atoms with E-state index in [9.17, 15) is 4.39 Å². The van der Waals surface area contributed by atoms with Gasteiger partial charge >= 0.3 is 0 Å². The van der Waals surface area contributed by atoms with Crippen molar-refractivity contribution in [2.75, 3.05) is 0 Å². The van der Waals surface area contributed by atoms with Crippen molar-refractivity contribution < 1.29 is 4.39 Å². The van der Waals surface area contributed by atoms with Gasteiger partial charge in [0.25, 0.3) is 0 Å². The maximum Gasteiger partial charge on any atom is 0.141 e. The van der Waals surface area contributed by atoms with Gasteiger partial charge in [0.2, 0.25) is 0 Å². The third-order valence-corrected chi connectivity index (χ3v) is 3.93. The summed E-state index contributed by atoms with van der Waals surface area (Å²) in [7, 11) is 0. The molecule has 0 radical (unpaired) electrons. The first kappa shape index (κ1) is 11.7. The summed E-state index contributed by atoms with van der Waals surface area (Å²) in [5.74, 6) is 5.13. The molecular weight excluding hydrogens is 293 g/mol. The van der Waals surface area contributed by atoms with Crippen molar-refractivity contribution in [3.05, 3.63) is 50.6 Å². The van der Waals surface area contributed by atoms with Gasteiger partial charge in [-0.2, -0.15) is 11.3 Å². The Bertz CT molecular complexity index is 488. The first-order valence-corrected chi connectivity index (χ1v) is 6.24. The lowest BCUT2D eigenvalue weighted by atomic mass is 10.0. The fourth-order valence-electron chi connectivity index (χ4n) is 1.45. The number of pyridine rings is 1. The zero-order valence-electron chi connectivity index (χ0n) is 8.15. The lowest BCUT2D eigenvalue weighted by molar-refractivity contribution is 0.597. The highest BCUT2D eigenvalue weighted by Crippen LogP contribution is 2.30. The second-order valence-corrected chi connectivity index (χ2v) is 4.81. The third kappa shape index (κ3) is 2.30. The SMILES string of the molecule is NNC(c1cncc(F)c1)c1cscc1Br. The quantitative estimate of drug-likeness (QED) is 0.677. The smallest absolute Gasteiger partial charge is 0.141 e. The van der Waals surface area contributed by atoms with Gasteiger partial charge in [0, 0.05) is 16.0 Å². The van der Waals surface area contributed by atoms with Gasteiger partial charge in [-0.25, -0.2) is 9.82 Å². The van der Waals surface area contributed by atoms with E-state index in [-0.39, 0.29) is 11.9 Å². The summed E-state index contributed by atoms with van der Waals surface area (Å²) in [6.45, 7) is 0. The van der Waals surface area contributed by atoms with Crippen LogP contribution in [-0.2, 0) is 0 Å². The number of hydrogen-bond acceptors (Lipinski definition) is 4. The van der Waals surface area contributed by atoms with E-state index in [1.807, 2.05) is 10.8 Å². The molecule has 2 heterocycles. The predicted octanol–water partition coefficient (Wildman–Crippen LogP) is 2.60. The van der Waals surface area contributed by atoms with E-state index in [1.54, 1.807) is 17.5 Å². The first-order chi connectivity index (χ1) is 7.72. The molecular formula is C10H9BrFN3S. The molecule has 2 aromatic rings. The molecule has 0 saturated carbocycles. The number of halogens is 2. The second kappa shape index (κ2) is 5.01. The largest absolute Gasteiger partial charge is 0.271 e. The van der Waals surface area contributed by atoms with Crippen LogP contribution in [0.3, 0.4) is 0 Å². The van der Waals surface area contributed by atoms with E-state index in [2.05, 4.69) is 26.3 Å². The normalized spacial score (nSPS) is 12.7. The fraction of sp³-hybridized carbons (Fsp3) is 0.100. The summed E-state index contributed by atoms with van der Waals surface area (Å²) >= 11 is 4.98. The number of aromatic nitrogens is 1. The van der Waals surface area contributed by atoms with Crippen LogP contribution in [0.1, 0.15) is 17.2 Å². The minimum Gasteiger partial charge on any atom is -0.271 e. The first-order valence-electron chi connectivity index (χ1n) is 4.50. The standard InChI is InChI=1S/C10H9BrFN3S/c11-9-5-16-4-8(9)10(15-13)6-1-7(12)3-14-2-6/h1-5,10,15H,13H2. The van der Waals surface area contributed by atoms with Crippen molar-refractivity contribution in [3.63, 3.8) is 0 Å². The molecule has 0 aliphatic carbocycles. The minimum absolute atomic E-state index is 0.260. The van der Waals surface area contributed by atoms with Crippen molar-refractivity contribution in [3.8, 4) is 0 Å².